The van der Waals surface area contributed by atoms with E-state index in [1.54, 1.807) is 6.07 Å². The molecule has 19 heavy (non-hydrogen) atoms. The van der Waals surface area contributed by atoms with Crippen molar-refractivity contribution in [2.45, 2.75) is 26.4 Å². The Hall–Kier alpha value is -1.83. The summed E-state index contributed by atoms with van der Waals surface area (Å²) in [5, 5.41) is 11.5. The van der Waals surface area contributed by atoms with Crippen LogP contribution in [0.5, 0.6) is 0 Å². The Balaban J connectivity index is 2.68. The van der Waals surface area contributed by atoms with Gasteiger partial charge in [-0.15, -0.1) is 0 Å². The van der Waals surface area contributed by atoms with Gasteiger partial charge in [0.1, 0.15) is 6.61 Å². The standard InChI is InChI=1S/C15H19NO3/c1-12(2)19-11-15(18)16-14-9-4-3-7-13(14)8-5-6-10-17/h3-4,7,9,12,17H,6,10-11H2,1-2H3,(H,16,18). The number of carbonyl (C=O) groups is 1. The van der Waals surface area contributed by atoms with Gasteiger partial charge in [-0.2, -0.15) is 0 Å². The van der Waals surface area contributed by atoms with E-state index in [0.29, 0.717) is 12.1 Å². The first-order chi connectivity index (χ1) is 9.13. The number of rotatable bonds is 5. The highest BCUT2D eigenvalue weighted by Gasteiger charge is 2.06. The normalized spacial score (nSPS) is 9.89. The molecule has 0 atom stereocenters. The molecule has 1 amide bonds. The van der Waals surface area contributed by atoms with Crippen LogP contribution in [0.1, 0.15) is 25.8 Å². The molecular weight excluding hydrogens is 242 g/mol. The summed E-state index contributed by atoms with van der Waals surface area (Å²) >= 11 is 0. The van der Waals surface area contributed by atoms with Crippen molar-refractivity contribution in [2.75, 3.05) is 18.5 Å². The Kier molecular flexibility index (Phi) is 6.65. The zero-order valence-corrected chi connectivity index (χ0v) is 11.3. The summed E-state index contributed by atoms with van der Waals surface area (Å²) in [5.74, 6) is 5.55. The van der Waals surface area contributed by atoms with Crippen molar-refractivity contribution in [3.05, 3.63) is 29.8 Å². The topological polar surface area (TPSA) is 58.6 Å². The number of ether oxygens (including phenoxy) is 1. The van der Waals surface area contributed by atoms with E-state index in [0.717, 1.165) is 5.56 Å². The zero-order valence-electron chi connectivity index (χ0n) is 11.3. The van der Waals surface area contributed by atoms with Crippen LogP contribution >= 0.6 is 0 Å². The van der Waals surface area contributed by atoms with Gasteiger partial charge >= 0.3 is 0 Å². The third-order valence-electron chi connectivity index (χ3n) is 2.21. The van der Waals surface area contributed by atoms with Gasteiger partial charge in [-0.25, -0.2) is 0 Å². The highest BCUT2D eigenvalue weighted by atomic mass is 16.5. The fourth-order valence-corrected chi connectivity index (χ4v) is 1.34. The van der Waals surface area contributed by atoms with Crippen molar-refractivity contribution in [3.63, 3.8) is 0 Å². The third-order valence-corrected chi connectivity index (χ3v) is 2.21. The Labute approximate surface area is 113 Å². The summed E-state index contributed by atoms with van der Waals surface area (Å²) in [5.41, 5.74) is 1.39. The van der Waals surface area contributed by atoms with E-state index in [-0.39, 0.29) is 25.2 Å². The lowest BCUT2D eigenvalue weighted by atomic mass is 10.1. The molecule has 0 aliphatic rings. The average molecular weight is 261 g/mol. The molecule has 2 N–H and O–H groups in total. The maximum atomic E-state index is 11.7. The first-order valence-electron chi connectivity index (χ1n) is 6.23. The largest absolute Gasteiger partial charge is 0.395 e. The number of anilines is 1. The van der Waals surface area contributed by atoms with Crippen LogP contribution in [-0.4, -0.2) is 30.3 Å². The number of benzene rings is 1. The van der Waals surface area contributed by atoms with Crippen molar-refractivity contribution >= 4 is 11.6 Å². The molecule has 0 aliphatic heterocycles. The summed E-state index contributed by atoms with van der Waals surface area (Å²) in [6, 6.07) is 7.29. The van der Waals surface area contributed by atoms with Gasteiger partial charge in [-0.1, -0.05) is 24.0 Å². The molecule has 1 rings (SSSR count). The van der Waals surface area contributed by atoms with Gasteiger partial charge in [0.25, 0.3) is 0 Å². The van der Waals surface area contributed by atoms with Gasteiger partial charge in [0, 0.05) is 12.0 Å². The quantitative estimate of drug-likeness (QED) is 0.794. The van der Waals surface area contributed by atoms with E-state index in [9.17, 15) is 4.79 Å². The number of carbonyl (C=O) groups excluding carboxylic acids is 1. The first kappa shape index (κ1) is 15.2. The fraction of sp³-hybridized carbons (Fsp3) is 0.400. The van der Waals surface area contributed by atoms with Crippen molar-refractivity contribution in [1.29, 1.82) is 0 Å². The van der Waals surface area contributed by atoms with E-state index in [1.165, 1.54) is 0 Å². The van der Waals surface area contributed by atoms with E-state index < -0.39 is 0 Å². The maximum absolute atomic E-state index is 11.7. The molecule has 1 aromatic rings. The lowest BCUT2D eigenvalue weighted by molar-refractivity contribution is -0.121. The number of aliphatic hydroxyl groups excluding tert-OH is 1. The highest BCUT2D eigenvalue weighted by molar-refractivity contribution is 5.93. The average Bonchev–Trinajstić information content (AvgIpc) is 2.39. The van der Waals surface area contributed by atoms with Crippen LogP contribution < -0.4 is 5.32 Å². The predicted octanol–water partition coefficient (Wildman–Crippen LogP) is 1.78. The van der Waals surface area contributed by atoms with Gasteiger partial charge in [-0.05, 0) is 26.0 Å². The first-order valence-corrected chi connectivity index (χ1v) is 6.23. The number of aliphatic hydroxyl groups is 1. The summed E-state index contributed by atoms with van der Waals surface area (Å²) in [4.78, 5) is 11.7. The SMILES string of the molecule is CC(C)OCC(=O)Nc1ccccc1C#CCCO. The molecule has 0 unspecified atom stereocenters. The molecule has 0 bridgehead atoms. The van der Waals surface area contributed by atoms with Crippen molar-refractivity contribution in [1.82, 2.24) is 0 Å². The minimum atomic E-state index is -0.204. The lowest BCUT2D eigenvalue weighted by Crippen LogP contribution is -2.21. The van der Waals surface area contributed by atoms with Crippen molar-refractivity contribution < 1.29 is 14.6 Å². The van der Waals surface area contributed by atoms with Crippen molar-refractivity contribution in [3.8, 4) is 11.8 Å². The monoisotopic (exact) mass is 261 g/mol. The molecule has 0 aromatic heterocycles. The predicted molar refractivity (Wildman–Crippen MR) is 74.7 cm³/mol. The van der Waals surface area contributed by atoms with Gasteiger partial charge in [0.05, 0.1) is 18.4 Å². The molecule has 0 heterocycles. The molecule has 0 aliphatic carbocycles. The second kappa shape index (κ2) is 8.30. The molecule has 0 fully saturated rings. The molecule has 4 heteroatoms. The number of para-hydroxylation sites is 1. The van der Waals surface area contributed by atoms with Crippen LogP contribution in [0, 0.1) is 11.8 Å². The lowest BCUT2D eigenvalue weighted by Gasteiger charge is -2.09. The van der Waals surface area contributed by atoms with Crippen LogP contribution in [0.15, 0.2) is 24.3 Å². The second-order valence-electron chi connectivity index (χ2n) is 4.23. The Morgan fingerprint density at radius 3 is 2.84 bits per heavy atom. The molecule has 0 radical (unpaired) electrons. The second-order valence-corrected chi connectivity index (χ2v) is 4.23. The van der Waals surface area contributed by atoms with Gasteiger partial charge in [0.2, 0.25) is 5.91 Å². The number of nitrogens with one attached hydrogen (secondary N) is 1. The fourth-order valence-electron chi connectivity index (χ4n) is 1.34. The highest BCUT2D eigenvalue weighted by Crippen LogP contribution is 2.13. The molecule has 4 nitrogen and oxygen atoms in total. The third kappa shape index (κ3) is 6.05. The molecular formula is C15H19NO3. The number of hydrogen-bond donors (Lipinski definition) is 2. The van der Waals surface area contributed by atoms with E-state index in [2.05, 4.69) is 17.2 Å². The molecule has 0 saturated carbocycles. The Morgan fingerprint density at radius 1 is 1.42 bits per heavy atom. The van der Waals surface area contributed by atoms with Crippen molar-refractivity contribution in [2.24, 2.45) is 0 Å². The zero-order chi connectivity index (χ0) is 14.1. The number of hydrogen-bond acceptors (Lipinski definition) is 3. The minimum absolute atomic E-state index is 0.0188. The smallest absolute Gasteiger partial charge is 0.250 e. The van der Waals surface area contributed by atoms with Crippen LogP contribution in [-0.2, 0) is 9.53 Å². The van der Waals surface area contributed by atoms with E-state index in [1.807, 2.05) is 32.0 Å². The van der Waals surface area contributed by atoms with Gasteiger partial charge < -0.3 is 15.2 Å². The molecule has 0 spiro atoms. The summed E-state index contributed by atoms with van der Waals surface area (Å²) in [6.07, 6.45) is 0.434. The maximum Gasteiger partial charge on any atom is 0.250 e. The summed E-state index contributed by atoms with van der Waals surface area (Å²) < 4.78 is 5.23. The van der Waals surface area contributed by atoms with Crippen LogP contribution in [0.3, 0.4) is 0 Å². The van der Waals surface area contributed by atoms with Crippen LogP contribution in [0.4, 0.5) is 5.69 Å². The summed E-state index contributed by atoms with van der Waals surface area (Å²) in [6.45, 7) is 3.81. The van der Waals surface area contributed by atoms with Gasteiger partial charge in [0.15, 0.2) is 0 Å². The molecule has 102 valence electrons. The van der Waals surface area contributed by atoms with Gasteiger partial charge in [-0.3, -0.25) is 4.79 Å². The summed E-state index contributed by atoms with van der Waals surface area (Å²) in [7, 11) is 0. The number of amides is 1. The van der Waals surface area contributed by atoms with E-state index in [4.69, 9.17) is 9.84 Å². The molecule has 0 saturated heterocycles. The van der Waals surface area contributed by atoms with E-state index >= 15 is 0 Å². The minimum Gasteiger partial charge on any atom is -0.395 e. The van der Waals surface area contributed by atoms with Crippen LogP contribution in [0.2, 0.25) is 0 Å². The molecule has 1 aromatic carbocycles. The Bertz CT molecular complexity index is 472. The Morgan fingerprint density at radius 2 is 2.16 bits per heavy atom. The van der Waals surface area contributed by atoms with Crippen LogP contribution in [0.25, 0.3) is 0 Å².